The summed E-state index contributed by atoms with van der Waals surface area (Å²) in [5, 5.41) is 10.5. The fraction of sp³-hybridized carbons (Fsp3) is 0.400. The van der Waals surface area contributed by atoms with Gasteiger partial charge in [-0.2, -0.15) is 0 Å². The third-order valence-electron chi connectivity index (χ3n) is 3.87. The molecule has 1 unspecified atom stereocenters. The molecule has 112 valence electrons. The second-order valence-corrected chi connectivity index (χ2v) is 5.35. The maximum Gasteiger partial charge on any atom is 0.247 e. The summed E-state index contributed by atoms with van der Waals surface area (Å²) in [6.45, 7) is 6.05. The van der Waals surface area contributed by atoms with Crippen molar-refractivity contribution in [3.8, 4) is 11.5 Å². The summed E-state index contributed by atoms with van der Waals surface area (Å²) in [4.78, 5) is 12.4. The highest BCUT2D eigenvalue weighted by molar-refractivity contribution is 5.96. The van der Waals surface area contributed by atoms with E-state index < -0.39 is 5.41 Å². The Kier molecular flexibility index (Phi) is 4.37. The molecule has 1 aromatic carbocycles. The number of nitrogens with two attached hydrogens (primary N) is 1. The maximum atomic E-state index is 12.4. The van der Waals surface area contributed by atoms with Gasteiger partial charge >= 0.3 is 0 Å². The monoisotopic (exact) mass is 288 g/mol. The zero-order valence-electron chi connectivity index (χ0n) is 12.5. The number of nitrogens with zero attached hydrogens (tertiary/aromatic N) is 2. The van der Waals surface area contributed by atoms with Crippen LogP contribution in [0.15, 0.2) is 29.0 Å². The van der Waals surface area contributed by atoms with Crippen molar-refractivity contribution in [2.75, 3.05) is 11.9 Å². The molecule has 0 spiro atoms. The van der Waals surface area contributed by atoms with Crippen molar-refractivity contribution in [3.63, 3.8) is 0 Å². The van der Waals surface area contributed by atoms with Gasteiger partial charge in [0.15, 0.2) is 0 Å². The fourth-order valence-electron chi connectivity index (χ4n) is 1.86. The number of aryl methyl sites for hydroxylation is 1. The van der Waals surface area contributed by atoms with Crippen LogP contribution in [0.1, 0.15) is 25.8 Å². The number of hydrogen-bond acceptors (Lipinski definition) is 5. The van der Waals surface area contributed by atoms with Crippen molar-refractivity contribution in [1.29, 1.82) is 0 Å². The van der Waals surface area contributed by atoms with Crippen molar-refractivity contribution >= 4 is 11.6 Å². The van der Waals surface area contributed by atoms with Crippen LogP contribution in [0.5, 0.6) is 0 Å². The van der Waals surface area contributed by atoms with Gasteiger partial charge in [0, 0.05) is 17.8 Å². The molecule has 6 heteroatoms. The number of hydrogen-bond donors (Lipinski definition) is 2. The van der Waals surface area contributed by atoms with E-state index in [-0.39, 0.29) is 5.91 Å². The van der Waals surface area contributed by atoms with Gasteiger partial charge in [-0.15, -0.1) is 10.2 Å². The minimum atomic E-state index is -0.576. The number of nitrogens with one attached hydrogen (secondary N) is 1. The van der Waals surface area contributed by atoms with Crippen LogP contribution in [-0.2, 0) is 4.79 Å². The minimum Gasteiger partial charge on any atom is -0.423 e. The molecular weight excluding hydrogens is 268 g/mol. The number of benzene rings is 1. The summed E-state index contributed by atoms with van der Waals surface area (Å²) in [7, 11) is 0. The molecule has 1 atom stereocenters. The number of aromatic nitrogens is 2. The number of anilines is 1. The number of amides is 1. The fourth-order valence-corrected chi connectivity index (χ4v) is 1.86. The summed E-state index contributed by atoms with van der Waals surface area (Å²) in [5.74, 6) is 0.334. The summed E-state index contributed by atoms with van der Waals surface area (Å²) in [6.07, 6.45) is 1.95. The van der Waals surface area contributed by atoms with Gasteiger partial charge in [-0.05, 0) is 38.0 Å². The first-order valence-electron chi connectivity index (χ1n) is 6.89. The van der Waals surface area contributed by atoms with E-state index in [1.54, 1.807) is 0 Å². The molecule has 0 aliphatic heterocycles. The van der Waals surface area contributed by atoms with Crippen LogP contribution in [-0.4, -0.2) is 22.6 Å². The predicted octanol–water partition coefficient (Wildman–Crippen LogP) is 2.36. The number of carbonyl (C=O) groups excluding carboxylic acids is 1. The second-order valence-electron chi connectivity index (χ2n) is 5.35. The maximum absolute atomic E-state index is 12.4. The molecule has 3 N–H and O–H groups in total. The van der Waals surface area contributed by atoms with Gasteiger partial charge < -0.3 is 15.5 Å². The summed E-state index contributed by atoms with van der Waals surface area (Å²) >= 11 is 0. The molecule has 0 fully saturated rings. The highest BCUT2D eigenvalue weighted by Crippen LogP contribution is 2.27. The van der Waals surface area contributed by atoms with Gasteiger partial charge in [-0.1, -0.05) is 13.0 Å². The molecule has 0 bridgehead atoms. The van der Waals surface area contributed by atoms with Crippen LogP contribution in [0.3, 0.4) is 0 Å². The summed E-state index contributed by atoms with van der Waals surface area (Å²) < 4.78 is 5.17. The molecule has 0 aliphatic carbocycles. The molecule has 0 saturated carbocycles. The first-order valence-corrected chi connectivity index (χ1v) is 6.89. The molecule has 0 aliphatic rings. The van der Waals surface area contributed by atoms with Crippen molar-refractivity contribution in [2.45, 2.75) is 27.2 Å². The van der Waals surface area contributed by atoms with Crippen LogP contribution in [0, 0.1) is 12.3 Å². The topological polar surface area (TPSA) is 94.0 Å². The van der Waals surface area contributed by atoms with Crippen LogP contribution in [0.25, 0.3) is 11.5 Å². The highest BCUT2D eigenvalue weighted by atomic mass is 16.4. The number of rotatable bonds is 5. The van der Waals surface area contributed by atoms with Gasteiger partial charge in [-0.25, -0.2) is 0 Å². The predicted molar refractivity (Wildman–Crippen MR) is 80.6 cm³/mol. The van der Waals surface area contributed by atoms with E-state index in [9.17, 15) is 4.79 Å². The van der Waals surface area contributed by atoms with E-state index >= 15 is 0 Å². The Morgan fingerprint density at radius 2 is 2.24 bits per heavy atom. The largest absolute Gasteiger partial charge is 0.423 e. The van der Waals surface area contributed by atoms with Crippen LogP contribution >= 0.6 is 0 Å². The second kappa shape index (κ2) is 6.05. The van der Waals surface area contributed by atoms with E-state index in [4.69, 9.17) is 10.2 Å². The summed E-state index contributed by atoms with van der Waals surface area (Å²) in [6, 6.07) is 5.61. The lowest BCUT2D eigenvalue weighted by Crippen LogP contribution is -2.39. The van der Waals surface area contributed by atoms with E-state index in [0.717, 1.165) is 16.8 Å². The Morgan fingerprint density at radius 1 is 1.48 bits per heavy atom. The zero-order chi connectivity index (χ0) is 15.5. The van der Waals surface area contributed by atoms with Crippen molar-refractivity contribution in [1.82, 2.24) is 10.2 Å². The normalized spacial score (nSPS) is 13.7. The van der Waals surface area contributed by atoms with Gasteiger partial charge in [0.05, 0.1) is 5.41 Å². The molecule has 21 heavy (non-hydrogen) atoms. The van der Waals surface area contributed by atoms with Gasteiger partial charge in [0.1, 0.15) is 0 Å². The van der Waals surface area contributed by atoms with Crippen LogP contribution in [0.2, 0.25) is 0 Å². The van der Waals surface area contributed by atoms with E-state index in [2.05, 4.69) is 15.5 Å². The third-order valence-corrected chi connectivity index (χ3v) is 3.87. The van der Waals surface area contributed by atoms with Gasteiger partial charge in [0.25, 0.3) is 0 Å². The molecule has 0 saturated heterocycles. The average Bonchev–Trinajstić information content (AvgIpc) is 3.02. The van der Waals surface area contributed by atoms with E-state index in [0.29, 0.717) is 18.9 Å². The lowest BCUT2D eigenvalue weighted by molar-refractivity contribution is -0.124. The minimum absolute atomic E-state index is 0.0849. The quantitative estimate of drug-likeness (QED) is 0.880. The lowest BCUT2D eigenvalue weighted by Gasteiger charge is -2.25. The van der Waals surface area contributed by atoms with Gasteiger partial charge in [-0.3, -0.25) is 4.79 Å². The van der Waals surface area contributed by atoms with Gasteiger partial charge in [0.2, 0.25) is 18.2 Å². The molecule has 2 rings (SSSR count). The molecule has 1 heterocycles. The smallest absolute Gasteiger partial charge is 0.247 e. The Morgan fingerprint density at radius 3 is 2.81 bits per heavy atom. The Balaban J connectivity index is 2.28. The number of carbonyl (C=O) groups is 1. The third kappa shape index (κ3) is 3.11. The van der Waals surface area contributed by atoms with Crippen molar-refractivity contribution < 1.29 is 9.21 Å². The summed E-state index contributed by atoms with van der Waals surface area (Å²) in [5.41, 5.74) is 7.60. The molecular formula is C15H20N4O2. The highest BCUT2D eigenvalue weighted by Gasteiger charge is 2.30. The molecule has 6 nitrogen and oxygen atoms in total. The van der Waals surface area contributed by atoms with Crippen LogP contribution < -0.4 is 11.1 Å². The van der Waals surface area contributed by atoms with E-state index in [1.165, 1.54) is 6.39 Å². The average molecular weight is 288 g/mol. The van der Waals surface area contributed by atoms with Crippen molar-refractivity contribution in [3.05, 3.63) is 30.2 Å². The molecule has 1 amide bonds. The Bertz CT molecular complexity index is 619. The molecule has 2 aromatic rings. The van der Waals surface area contributed by atoms with Crippen molar-refractivity contribution in [2.24, 2.45) is 11.1 Å². The SMILES string of the molecule is CCC(C)(CN)C(=O)Nc1cc(-c2nnco2)ccc1C. The van der Waals surface area contributed by atoms with Crippen LogP contribution in [0.4, 0.5) is 5.69 Å². The first kappa shape index (κ1) is 15.2. The first-order chi connectivity index (χ1) is 10.00. The Labute approximate surface area is 123 Å². The van der Waals surface area contributed by atoms with E-state index in [1.807, 2.05) is 39.0 Å². The Hall–Kier alpha value is -2.21. The zero-order valence-corrected chi connectivity index (χ0v) is 12.5. The molecule has 0 radical (unpaired) electrons. The standard InChI is InChI=1S/C15H20N4O2/c1-4-15(3,8-16)14(20)18-12-7-11(6-5-10(12)2)13-19-17-9-21-13/h5-7,9H,4,8,16H2,1-3H3,(H,18,20). The molecule has 1 aromatic heterocycles. The lowest BCUT2D eigenvalue weighted by atomic mass is 9.86.